The van der Waals surface area contributed by atoms with E-state index in [2.05, 4.69) is 10.2 Å². The van der Waals surface area contributed by atoms with Crippen LogP contribution in [0.25, 0.3) is 0 Å². The standard InChI is InChI=1S/C17H24ClN3O2S/c1-12(2)19-16(22)11-20-6-8-21(9-7-20)17(23)14-10-13(24-3)4-5-15(14)18/h4-5,10,12H,6-9,11H2,1-3H3,(H,19,22). The molecule has 1 heterocycles. The number of hydrogen-bond acceptors (Lipinski definition) is 4. The Morgan fingerprint density at radius 1 is 1.25 bits per heavy atom. The van der Waals surface area contributed by atoms with Crippen molar-refractivity contribution >= 4 is 35.2 Å². The molecule has 2 rings (SSSR count). The van der Waals surface area contributed by atoms with Gasteiger partial charge in [-0.2, -0.15) is 0 Å². The molecular formula is C17H24ClN3O2S. The van der Waals surface area contributed by atoms with E-state index in [1.54, 1.807) is 17.8 Å². The highest BCUT2D eigenvalue weighted by molar-refractivity contribution is 7.98. The van der Waals surface area contributed by atoms with Gasteiger partial charge in [0.05, 0.1) is 17.1 Å². The highest BCUT2D eigenvalue weighted by Gasteiger charge is 2.24. The molecule has 0 aromatic heterocycles. The second-order valence-corrected chi connectivity index (χ2v) is 7.42. The van der Waals surface area contributed by atoms with Crippen LogP contribution in [-0.4, -0.2) is 66.6 Å². The van der Waals surface area contributed by atoms with Crippen LogP contribution >= 0.6 is 23.4 Å². The highest BCUT2D eigenvalue weighted by Crippen LogP contribution is 2.24. The summed E-state index contributed by atoms with van der Waals surface area (Å²) in [5.74, 6) is -0.0114. The van der Waals surface area contributed by atoms with Crippen molar-refractivity contribution in [1.29, 1.82) is 0 Å². The lowest BCUT2D eigenvalue weighted by molar-refractivity contribution is -0.123. The fourth-order valence-electron chi connectivity index (χ4n) is 2.65. The molecule has 1 aliphatic heterocycles. The van der Waals surface area contributed by atoms with Crippen molar-refractivity contribution in [3.63, 3.8) is 0 Å². The van der Waals surface area contributed by atoms with E-state index >= 15 is 0 Å². The molecule has 0 atom stereocenters. The number of thioether (sulfide) groups is 1. The first-order valence-electron chi connectivity index (χ1n) is 8.05. The average Bonchev–Trinajstić information content (AvgIpc) is 2.54. The molecule has 5 nitrogen and oxygen atoms in total. The molecule has 24 heavy (non-hydrogen) atoms. The minimum absolute atomic E-state index is 0.0282. The maximum Gasteiger partial charge on any atom is 0.255 e. The second kappa shape index (κ2) is 8.74. The Bertz CT molecular complexity index is 601. The van der Waals surface area contributed by atoms with Crippen molar-refractivity contribution in [2.45, 2.75) is 24.8 Å². The summed E-state index contributed by atoms with van der Waals surface area (Å²) in [7, 11) is 0. The topological polar surface area (TPSA) is 52.7 Å². The Morgan fingerprint density at radius 3 is 2.50 bits per heavy atom. The van der Waals surface area contributed by atoms with Gasteiger partial charge in [0.15, 0.2) is 0 Å². The van der Waals surface area contributed by atoms with Crippen LogP contribution < -0.4 is 5.32 Å². The molecular weight excluding hydrogens is 346 g/mol. The van der Waals surface area contributed by atoms with E-state index in [1.807, 2.05) is 37.1 Å². The van der Waals surface area contributed by atoms with Gasteiger partial charge in [-0.3, -0.25) is 14.5 Å². The Balaban J connectivity index is 1.92. The largest absolute Gasteiger partial charge is 0.353 e. The summed E-state index contributed by atoms with van der Waals surface area (Å²) < 4.78 is 0. The monoisotopic (exact) mass is 369 g/mol. The van der Waals surface area contributed by atoms with Crippen molar-refractivity contribution in [1.82, 2.24) is 15.1 Å². The summed E-state index contributed by atoms with van der Waals surface area (Å²) in [6, 6.07) is 5.67. The van der Waals surface area contributed by atoms with Gasteiger partial charge in [-0.05, 0) is 38.3 Å². The molecule has 0 spiro atoms. The van der Waals surface area contributed by atoms with Crippen LogP contribution in [0.2, 0.25) is 5.02 Å². The first kappa shape index (κ1) is 19.1. The number of piperazine rings is 1. The molecule has 0 unspecified atom stereocenters. The van der Waals surface area contributed by atoms with Gasteiger partial charge >= 0.3 is 0 Å². The Morgan fingerprint density at radius 2 is 1.92 bits per heavy atom. The zero-order chi connectivity index (χ0) is 17.7. The predicted molar refractivity (Wildman–Crippen MR) is 98.9 cm³/mol. The molecule has 1 aromatic rings. The van der Waals surface area contributed by atoms with Crippen LogP contribution in [0.15, 0.2) is 23.1 Å². The number of nitrogens with one attached hydrogen (secondary N) is 1. The molecule has 1 saturated heterocycles. The molecule has 1 fully saturated rings. The van der Waals surface area contributed by atoms with Crippen LogP contribution in [-0.2, 0) is 4.79 Å². The van der Waals surface area contributed by atoms with Gasteiger partial charge in [-0.25, -0.2) is 0 Å². The van der Waals surface area contributed by atoms with Crippen LogP contribution in [0.5, 0.6) is 0 Å². The first-order chi connectivity index (χ1) is 11.4. The van der Waals surface area contributed by atoms with E-state index in [1.165, 1.54) is 0 Å². The number of carbonyl (C=O) groups is 2. The van der Waals surface area contributed by atoms with Crippen molar-refractivity contribution < 1.29 is 9.59 Å². The van der Waals surface area contributed by atoms with Gasteiger partial charge in [0, 0.05) is 37.1 Å². The van der Waals surface area contributed by atoms with Gasteiger partial charge in [-0.1, -0.05) is 11.6 Å². The van der Waals surface area contributed by atoms with Gasteiger partial charge < -0.3 is 10.2 Å². The molecule has 1 aromatic carbocycles. The third-order valence-electron chi connectivity index (χ3n) is 3.88. The zero-order valence-electron chi connectivity index (χ0n) is 14.3. The van der Waals surface area contributed by atoms with Crippen molar-refractivity contribution in [2.75, 3.05) is 39.0 Å². The van der Waals surface area contributed by atoms with Gasteiger partial charge in [0.25, 0.3) is 5.91 Å². The predicted octanol–water partition coefficient (Wildman–Crippen LogP) is 2.34. The fraction of sp³-hybridized carbons (Fsp3) is 0.529. The maximum atomic E-state index is 12.7. The lowest BCUT2D eigenvalue weighted by atomic mass is 10.1. The van der Waals surface area contributed by atoms with Gasteiger partial charge in [-0.15, -0.1) is 11.8 Å². The Kier molecular flexibility index (Phi) is 6.95. The minimum Gasteiger partial charge on any atom is -0.353 e. The van der Waals surface area contributed by atoms with Crippen molar-refractivity contribution in [3.05, 3.63) is 28.8 Å². The number of rotatable bonds is 5. The molecule has 0 saturated carbocycles. The molecule has 1 aliphatic rings. The molecule has 0 aliphatic carbocycles. The Labute approximate surface area is 152 Å². The summed E-state index contributed by atoms with van der Waals surface area (Å²) in [4.78, 5) is 29.4. The SMILES string of the molecule is CSc1ccc(Cl)c(C(=O)N2CCN(CC(=O)NC(C)C)CC2)c1. The lowest BCUT2D eigenvalue weighted by Crippen LogP contribution is -2.51. The molecule has 0 radical (unpaired) electrons. The number of carbonyl (C=O) groups excluding carboxylic acids is 2. The Hall–Kier alpha value is -1.24. The van der Waals surface area contributed by atoms with E-state index in [0.29, 0.717) is 43.3 Å². The first-order valence-corrected chi connectivity index (χ1v) is 9.65. The minimum atomic E-state index is -0.0396. The fourth-order valence-corrected chi connectivity index (χ4v) is 3.28. The summed E-state index contributed by atoms with van der Waals surface area (Å²) in [6.07, 6.45) is 1.97. The molecule has 132 valence electrons. The van der Waals surface area contributed by atoms with E-state index < -0.39 is 0 Å². The average molecular weight is 370 g/mol. The van der Waals surface area contributed by atoms with Crippen molar-refractivity contribution in [3.8, 4) is 0 Å². The van der Waals surface area contributed by atoms with E-state index in [9.17, 15) is 9.59 Å². The number of benzene rings is 1. The third kappa shape index (κ3) is 5.13. The van der Waals surface area contributed by atoms with E-state index in [4.69, 9.17) is 11.6 Å². The van der Waals surface area contributed by atoms with Crippen LogP contribution in [0.3, 0.4) is 0 Å². The van der Waals surface area contributed by atoms with Gasteiger partial charge in [0.1, 0.15) is 0 Å². The summed E-state index contributed by atoms with van der Waals surface area (Å²) in [5, 5.41) is 3.37. The van der Waals surface area contributed by atoms with Crippen LogP contribution in [0.1, 0.15) is 24.2 Å². The summed E-state index contributed by atoms with van der Waals surface area (Å²) in [5.41, 5.74) is 0.550. The normalized spacial score (nSPS) is 15.6. The molecule has 0 bridgehead atoms. The van der Waals surface area contributed by atoms with Gasteiger partial charge in [0.2, 0.25) is 5.91 Å². The zero-order valence-corrected chi connectivity index (χ0v) is 15.9. The number of amides is 2. The quantitative estimate of drug-likeness (QED) is 0.809. The number of hydrogen-bond donors (Lipinski definition) is 1. The van der Waals surface area contributed by atoms with E-state index in [-0.39, 0.29) is 17.9 Å². The summed E-state index contributed by atoms with van der Waals surface area (Å²) >= 11 is 7.78. The number of nitrogens with zero attached hydrogens (tertiary/aromatic N) is 2. The molecule has 2 amide bonds. The number of halogens is 1. The lowest BCUT2D eigenvalue weighted by Gasteiger charge is -2.34. The maximum absolute atomic E-state index is 12.7. The van der Waals surface area contributed by atoms with Crippen LogP contribution in [0, 0.1) is 0 Å². The molecule has 1 N–H and O–H groups in total. The van der Waals surface area contributed by atoms with E-state index in [0.717, 1.165) is 4.90 Å². The molecule has 7 heteroatoms. The highest BCUT2D eigenvalue weighted by atomic mass is 35.5. The second-order valence-electron chi connectivity index (χ2n) is 6.14. The van der Waals surface area contributed by atoms with Crippen molar-refractivity contribution in [2.24, 2.45) is 0 Å². The van der Waals surface area contributed by atoms with Crippen LogP contribution in [0.4, 0.5) is 0 Å². The third-order valence-corrected chi connectivity index (χ3v) is 4.94. The summed E-state index contributed by atoms with van der Waals surface area (Å²) in [6.45, 7) is 6.86. The smallest absolute Gasteiger partial charge is 0.255 e.